The second-order valence-corrected chi connectivity index (χ2v) is 11.3. The zero-order valence-corrected chi connectivity index (χ0v) is 23.8. The van der Waals surface area contributed by atoms with Crippen molar-refractivity contribution in [3.05, 3.63) is 151 Å². The first-order valence-corrected chi connectivity index (χ1v) is 15.0. The minimum absolute atomic E-state index is 0.274. The van der Waals surface area contributed by atoms with E-state index in [0.717, 1.165) is 22.4 Å². The number of fused-ring (bicyclic) bond motifs is 7. The summed E-state index contributed by atoms with van der Waals surface area (Å²) in [5.74, 6) is 2.31. The summed E-state index contributed by atoms with van der Waals surface area (Å²) in [4.78, 5) is 14.7. The third-order valence-corrected chi connectivity index (χ3v) is 8.76. The maximum absolute atomic E-state index is 4.93. The lowest BCUT2D eigenvalue weighted by molar-refractivity contribution is 0.805. The van der Waals surface area contributed by atoms with Crippen LogP contribution in [0.5, 0.6) is 0 Å². The van der Waals surface area contributed by atoms with E-state index in [9.17, 15) is 0 Å². The zero-order chi connectivity index (χ0) is 29.0. The number of rotatable bonds is 4. The van der Waals surface area contributed by atoms with Gasteiger partial charge in [0.2, 0.25) is 0 Å². The van der Waals surface area contributed by atoms with Gasteiger partial charge in [-0.2, -0.15) is 0 Å². The molecule has 0 saturated carbocycles. The van der Waals surface area contributed by atoms with Crippen LogP contribution in [0.1, 0.15) is 11.5 Å². The Labute approximate surface area is 254 Å². The van der Waals surface area contributed by atoms with Gasteiger partial charge in [-0.05, 0) is 35.9 Å². The molecule has 1 aliphatic carbocycles. The van der Waals surface area contributed by atoms with Crippen molar-refractivity contribution in [2.24, 2.45) is 0 Å². The number of nitrogens with zero attached hydrogens (tertiary/aromatic N) is 4. The number of benzene rings is 5. The second-order valence-electron chi connectivity index (χ2n) is 11.3. The van der Waals surface area contributed by atoms with Gasteiger partial charge in [0.1, 0.15) is 0 Å². The average molecular weight is 566 g/mol. The highest BCUT2D eigenvalue weighted by Gasteiger charge is 2.32. The Bertz CT molecular complexity index is 2190. The summed E-state index contributed by atoms with van der Waals surface area (Å²) >= 11 is 0. The van der Waals surface area contributed by atoms with Gasteiger partial charge in [0.05, 0.1) is 22.8 Å². The SMILES string of the molecule is C1=CC2Nc3c(ccc4c5ccccc5n(-c5ccc(-c6nc(-c7ccccc7)nc(-c7ccccc7)n6)cc5)c34)C2C=C1. The van der Waals surface area contributed by atoms with Crippen LogP contribution in [0.2, 0.25) is 0 Å². The van der Waals surface area contributed by atoms with Crippen LogP contribution >= 0.6 is 0 Å². The minimum atomic E-state index is 0.274. The van der Waals surface area contributed by atoms with E-state index in [1.807, 2.05) is 60.7 Å². The molecule has 208 valence electrons. The summed E-state index contributed by atoms with van der Waals surface area (Å²) in [6.07, 6.45) is 8.86. The topological polar surface area (TPSA) is 55.6 Å². The van der Waals surface area contributed by atoms with Crippen molar-refractivity contribution < 1.29 is 0 Å². The van der Waals surface area contributed by atoms with Gasteiger partial charge in [-0.1, -0.05) is 115 Å². The molecule has 5 nitrogen and oxygen atoms in total. The maximum Gasteiger partial charge on any atom is 0.164 e. The molecule has 1 N–H and O–H groups in total. The molecular weight excluding hydrogens is 538 g/mol. The molecule has 5 heteroatoms. The lowest BCUT2D eigenvalue weighted by Crippen LogP contribution is -2.17. The third-order valence-electron chi connectivity index (χ3n) is 8.76. The molecule has 2 atom stereocenters. The smallest absolute Gasteiger partial charge is 0.164 e. The van der Waals surface area contributed by atoms with Crippen LogP contribution in [0.3, 0.4) is 0 Å². The molecule has 2 aromatic heterocycles. The van der Waals surface area contributed by atoms with Gasteiger partial charge in [-0.3, -0.25) is 0 Å². The molecule has 9 rings (SSSR count). The van der Waals surface area contributed by atoms with Crippen molar-refractivity contribution in [1.82, 2.24) is 19.5 Å². The summed E-state index contributed by atoms with van der Waals surface area (Å²) in [7, 11) is 0. The molecule has 0 saturated heterocycles. The summed E-state index contributed by atoms with van der Waals surface area (Å²) in [6.45, 7) is 0. The second kappa shape index (κ2) is 9.89. The quantitative estimate of drug-likeness (QED) is 0.231. The van der Waals surface area contributed by atoms with Crippen LogP contribution in [0.15, 0.2) is 146 Å². The van der Waals surface area contributed by atoms with Gasteiger partial charge in [0, 0.05) is 39.1 Å². The first-order chi connectivity index (χ1) is 21.8. The van der Waals surface area contributed by atoms with Crippen molar-refractivity contribution in [2.75, 3.05) is 5.32 Å². The fourth-order valence-electron chi connectivity index (χ4n) is 6.68. The minimum Gasteiger partial charge on any atom is -0.376 e. The largest absolute Gasteiger partial charge is 0.376 e. The molecule has 0 bridgehead atoms. The molecule has 44 heavy (non-hydrogen) atoms. The van der Waals surface area contributed by atoms with Crippen LogP contribution < -0.4 is 5.32 Å². The molecule has 0 amide bonds. The molecule has 7 aromatic rings. The van der Waals surface area contributed by atoms with Crippen LogP contribution in [0, 0.1) is 0 Å². The summed E-state index contributed by atoms with van der Waals surface area (Å²) in [6, 6.07) is 42.3. The van der Waals surface area contributed by atoms with Crippen LogP contribution in [-0.4, -0.2) is 25.6 Å². The number of anilines is 1. The number of allylic oxidation sites excluding steroid dienone is 2. The Morgan fingerprint density at radius 2 is 1.11 bits per heavy atom. The first-order valence-electron chi connectivity index (χ1n) is 15.0. The Morgan fingerprint density at radius 1 is 0.523 bits per heavy atom. The van der Waals surface area contributed by atoms with Gasteiger partial charge in [-0.25, -0.2) is 15.0 Å². The van der Waals surface area contributed by atoms with E-state index in [-0.39, 0.29) is 6.04 Å². The Morgan fingerprint density at radius 3 is 1.80 bits per heavy atom. The highest BCUT2D eigenvalue weighted by atomic mass is 15.1. The Hall–Kier alpha value is -5.81. The Balaban J connectivity index is 1.20. The van der Waals surface area contributed by atoms with Gasteiger partial charge in [0.15, 0.2) is 17.5 Å². The summed E-state index contributed by atoms with van der Waals surface area (Å²) in [5, 5.41) is 6.34. The van der Waals surface area contributed by atoms with E-state index in [1.165, 1.54) is 33.1 Å². The maximum atomic E-state index is 4.93. The van der Waals surface area contributed by atoms with E-state index >= 15 is 0 Å². The van der Waals surface area contributed by atoms with Crippen molar-refractivity contribution >= 4 is 27.5 Å². The lowest BCUT2D eigenvalue weighted by Gasteiger charge is -2.15. The van der Waals surface area contributed by atoms with Crippen molar-refractivity contribution in [3.8, 4) is 39.9 Å². The highest BCUT2D eigenvalue weighted by Crippen LogP contribution is 2.46. The van der Waals surface area contributed by atoms with Crippen LogP contribution in [0.25, 0.3) is 61.7 Å². The van der Waals surface area contributed by atoms with Crippen LogP contribution in [0.4, 0.5) is 5.69 Å². The zero-order valence-electron chi connectivity index (χ0n) is 23.8. The molecule has 2 unspecified atom stereocenters. The standard InChI is InChI=1S/C39H27N5/c1-3-11-25(12-4-1)37-41-38(26-13-5-2-6-14-26)43-39(42-37)27-19-21-28(22-20-27)44-34-18-10-8-16-30(34)32-24-23-31-29-15-7-9-17-33(29)40-35(31)36(32)44/h1-24,29,33,40H. The van der Waals surface area contributed by atoms with Gasteiger partial charge < -0.3 is 9.88 Å². The highest BCUT2D eigenvalue weighted by molar-refractivity contribution is 6.14. The molecular formula is C39H27N5. The first kappa shape index (κ1) is 24.8. The monoisotopic (exact) mass is 565 g/mol. The predicted molar refractivity (Wildman–Crippen MR) is 179 cm³/mol. The van der Waals surface area contributed by atoms with Crippen molar-refractivity contribution in [1.29, 1.82) is 0 Å². The van der Waals surface area contributed by atoms with E-state index in [4.69, 9.17) is 15.0 Å². The van der Waals surface area contributed by atoms with Crippen LogP contribution in [-0.2, 0) is 0 Å². The van der Waals surface area contributed by atoms with E-state index < -0.39 is 0 Å². The fourth-order valence-corrected chi connectivity index (χ4v) is 6.68. The molecule has 0 fully saturated rings. The van der Waals surface area contributed by atoms with E-state index in [1.54, 1.807) is 0 Å². The van der Waals surface area contributed by atoms with Crippen molar-refractivity contribution in [2.45, 2.75) is 12.0 Å². The Kier molecular flexibility index (Phi) is 5.56. The molecule has 2 aliphatic rings. The van der Waals surface area contributed by atoms with Gasteiger partial charge in [-0.15, -0.1) is 0 Å². The van der Waals surface area contributed by atoms with Gasteiger partial charge >= 0.3 is 0 Å². The summed E-state index contributed by atoms with van der Waals surface area (Å²) in [5.41, 5.74) is 8.91. The molecule has 0 radical (unpaired) electrons. The molecule has 3 heterocycles. The van der Waals surface area contributed by atoms with E-state index in [2.05, 4.69) is 94.9 Å². The molecule has 5 aromatic carbocycles. The normalized spacial score (nSPS) is 16.6. The van der Waals surface area contributed by atoms with Crippen molar-refractivity contribution in [3.63, 3.8) is 0 Å². The number of hydrogen-bond acceptors (Lipinski definition) is 4. The molecule has 1 aliphatic heterocycles. The fraction of sp³-hybridized carbons (Fsp3) is 0.0513. The predicted octanol–water partition coefficient (Wildman–Crippen LogP) is 8.97. The van der Waals surface area contributed by atoms with Gasteiger partial charge in [0.25, 0.3) is 0 Å². The third kappa shape index (κ3) is 3.90. The number of para-hydroxylation sites is 1. The number of aromatic nitrogens is 4. The number of nitrogens with one attached hydrogen (secondary N) is 1. The average Bonchev–Trinajstić information content (AvgIpc) is 3.65. The lowest BCUT2D eigenvalue weighted by atomic mass is 9.91. The number of hydrogen-bond donors (Lipinski definition) is 1. The molecule has 0 spiro atoms. The van der Waals surface area contributed by atoms with E-state index in [0.29, 0.717) is 23.4 Å². The summed E-state index contributed by atoms with van der Waals surface area (Å²) < 4.78 is 2.39.